The summed E-state index contributed by atoms with van der Waals surface area (Å²) in [7, 11) is 2.95. The number of benzene rings is 2. The van der Waals surface area contributed by atoms with Crippen LogP contribution in [0, 0.1) is 11.6 Å². The van der Waals surface area contributed by atoms with Crippen LogP contribution in [0.5, 0.6) is 11.5 Å². The summed E-state index contributed by atoms with van der Waals surface area (Å²) in [6.07, 6.45) is 4.41. The van der Waals surface area contributed by atoms with Crippen LogP contribution < -0.4 is 36.5 Å². The quantitative estimate of drug-likeness (QED) is 0.147. The number of hydrogen-bond donors (Lipinski definition) is 2. The van der Waals surface area contributed by atoms with Gasteiger partial charge >= 0.3 is 17.3 Å². The summed E-state index contributed by atoms with van der Waals surface area (Å²) in [5.74, 6) is -2.08. The molecule has 0 aliphatic carbocycles. The van der Waals surface area contributed by atoms with E-state index in [9.17, 15) is 32.8 Å². The number of alkyl halides is 1. The molecule has 6 aromatic heterocycles. The maximum Gasteiger partial charge on any atom is 0.421 e. The van der Waals surface area contributed by atoms with Crippen LogP contribution in [0.1, 0.15) is 7.43 Å². The summed E-state index contributed by atoms with van der Waals surface area (Å²) in [5.41, 5.74) is 3.05. The van der Waals surface area contributed by atoms with Crippen molar-refractivity contribution in [1.29, 1.82) is 0 Å². The topological polar surface area (TPSA) is 231 Å². The van der Waals surface area contributed by atoms with Crippen LogP contribution in [0.15, 0.2) is 94.8 Å². The van der Waals surface area contributed by atoms with Crippen molar-refractivity contribution in [2.24, 2.45) is 0 Å². The first-order valence-corrected chi connectivity index (χ1v) is 23.0. The van der Waals surface area contributed by atoms with Crippen LogP contribution in [0.25, 0.3) is 33.7 Å². The number of carbonyl (C=O) groups excluding carboxylic acids is 2. The highest BCUT2D eigenvalue weighted by Crippen LogP contribution is 2.34. The van der Waals surface area contributed by atoms with Gasteiger partial charge in [-0.3, -0.25) is 19.6 Å². The van der Waals surface area contributed by atoms with Crippen LogP contribution in [0.2, 0.25) is 20.1 Å². The molecule has 2 aromatic carbocycles. The number of carbonyl (C=O) groups is 2. The molecule has 2 amide bonds. The molecule has 27 heteroatoms. The number of hydrogen-bond acceptors (Lipinski definition) is 15. The van der Waals surface area contributed by atoms with E-state index in [1.807, 2.05) is 9.80 Å². The molecule has 382 valence electrons. The molecule has 2 saturated heterocycles. The van der Waals surface area contributed by atoms with Crippen LogP contribution in [-0.2, 0) is 16.1 Å². The lowest BCUT2D eigenvalue weighted by Crippen LogP contribution is -2.50. The van der Waals surface area contributed by atoms with Crippen LogP contribution in [0.3, 0.4) is 0 Å². The molecule has 0 spiro atoms. The molecule has 0 bridgehead atoms. The Morgan fingerprint density at radius 3 is 1.65 bits per heavy atom. The van der Waals surface area contributed by atoms with Crippen LogP contribution >= 0.6 is 58.0 Å². The summed E-state index contributed by atoms with van der Waals surface area (Å²) in [4.78, 5) is 81.0. The third-order valence-corrected chi connectivity index (χ3v) is 11.9. The lowest BCUT2D eigenvalue weighted by molar-refractivity contribution is -0.132. The average molecular weight is 1100 g/mol. The van der Waals surface area contributed by atoms with Crippen LogP contribution in [0.4, 0.5) is 20.2 Å². The van der Waals surface area contributed by atoms with Gasteiger partial charge in [0.05, 0.1) is 45.7 Å². The Morgan fingerprint density at radius 1 is 0.653 bits per heavy atom. The largest absolute Gasteiger partial charge is 0.495 e. The van der Waals surface area contributed by atoms with Crippen molar-refractivity contribution in [3.05, 3.63) is 130 Å². The lowest BCUT2D eigenvalue weighted by atomic mass is 10.2. The SMILES string of the molecule is C.COc1cc(N2CCN(C(=O)CCl)CC2)c(F)cc1Cl.COc1cc(N2CCN(C(=O)Cn3c(=O)oc4cc(Cl)cnc43)CC2)c(F)cc1Cl.O=c1[nH]c2ncc(Cl)cc2o1.O=c1[nH]c2ncccc2o1. The summed E-state index contributed by atoms with van der Waals surface area (Å²) >= 11 is 28.8. The van der Waals surface area contributed by atoms with E-state index >= 15 is 0 Å². The maximum atomic E-state index is 14.4. The summed E-state index contributed by atoms with van der Waals surface area (Å²) in [6, 6.07) is 12.0. The van der Waals surface area contributed by atoms with Gasteiger partial charge in [-0.25, -0.2) is 42.7 Å². The van der Waals surface area contributed by atoms with Gasteiger partial charge in [-0.1, -0.05) is 53.8 Å². The first-order valence-electron chi connectivity index (χ1n) is 21.0. The number of nitrogens with one attached hydrogen (secondary N) is 2. The Bertz CT molecular complexity index is 3330. The van der Waals surface area contributed by atoms with Gasteiger partial charge < -0.3 is 42.3 Å². The molecular weight excluding hydrogens is 1060 g/mol. The Balaban J connectivity index is 0.000000172. The molecular formula is C45H43Cl5F2N10O10. The maximum absolute atomic E-state index is 14.4. The molecule has 10 rings (SSSR count). The number of amides is 2. The van der Waals surface area contributed by atoms with Gasteiger partial charge in [0.15, 0.2) is 33.7 Å². The number of aromatic nitrogens is 6. The number of methoxy groups -OCH3 is 2. The highest BCUT2D eigenvalue weighted by atomic mass is 35.5. The Morgan fingerprint density at radius 2 is 1.14 bits per heavy atom. The van der Waals surface area contributed by atoms with E-state index in [1.54, 1.807) is 40.3 Å². The molecule has 2 fully saturated rings. The zero-order valence-electron chi connectivity index (χ0n) is 37.2. The van der Waals surface area contributed by atoms with E-state index < -0.39 is 28.9 Å². The number of anilines is 2. The molecule has 2 N–H and O–H groups in total. The number of H-pyrrole nitrogens is 2. The summed E-state index contributed by atoms with van der Waals surface area (Å²) < 4.78 is 54.3. The van der Waals surface area contributed by atoms with Crippen molar-refractivity contribution < 1.29 is 41.1 Å². The molecule has 20 nitrogen and oxygen atoms in total. The number of halogens is 7. The highest BCUT2D eigenvalue weighted by Gasteiger charge is 2.26. The number of oxazole rings is 3. The first kappa shape index (κ1) is 54.5. The summed E-state index contributed by atoms with van der Waals surface area (Å²) in [6.45, 7) is 3.51. The number of piperazine rings is 2. The van der Waals surface area contributed by atoms with Crippen molar-refractivity contribution in [2.75, 3.05) is 82.3 Å². The second-order valence-corrected chi connectivity index (χ2v) is 17.0. The van der Waals surface area contributed by atoms with E-state index in [4.69, 9.17) is 80.7 Å². The van der Waals surface area contributed by atoms with E-state index in [2.05, 4.69) is 24.9 Å². The smallest absolute Gasteiger partial charge is 0.421 e. The molecule has 8 heterocycles. The standard InChI is InChI=1S/C19H17Cl2FN4O4.C13H15Cl2FN2O2.C6H3ClN2O2.C6H4N2O2.CH4/c1-29-15-8-14(13(22)7-12(15)21)24-2-4-25(5-3-24)17(27)10-26-18-16(30-19(26)28)6-11(20)9-23-18;1-20-12-7-11(10(16)6-9(12)15)17-2-4-18(5-3-17)13(19)8-14;7-3-1-4-5(8-2-3)9-6(10)11-4;9-6-8-5-4(10-6)2-1-3-7-5;/h6-9H,2-5,10H2,1H3;6-7H,2-5,8H2,1H3;1-2H,(H,8,9,10);1-3H,(H,7,8,9);1H4. The predicted octanol–water partition coefficient (Wildman–Crippen LogP) is 7.49. The van der Waals surface area contributed by atoms with Gasteiger partial charge in [0.1, 0.15) is 35.6 Å². The van der Waals surface area contributed by atoms with Crippen molar-refractivity contribution in [3.8, 4) is 11.5 Å². The number of fused-ring (bicyclic) bond motifs is 3. The molecule has 0 unspecified atom stereocenters. The molecule has 0 radical (unpaired) electrons. The Hall–Kier alpha value is -6.85. The van der Waals surface area contributed by atoms with Gasteiger partial charge in [-0.05, 0) is 24.3 Å². The number of rotatable bonds is 7. The molecule has 2 aliphatic heterocycles. The van der Waals surface area contributed by atoms with E-state index in [-0.39, 0.29) is 52.9 Å². The number of nitrogens with zero attached hydrogens (tertiary/aromatic N) is 8. The monoisotopic (exact) mass is 1100 g/mol. The predicted molar refractivity (Wildman–Crippen MR) is 269 cm³/mol. The van der Waals surface area contributed by atoms with E-state index in [0.717, 1.165) is 0 Å². The van der Waals surface area contributed by atoms with Crippen LogP contribution in [-0.4, -0.2) is 124 Å². The van der Waals surface area contributed by atoms with Gasteiger partial charge in [0, 0.05) is 95.2 Å². The number of ether oxygens (including phenoxy) is 2. The molecule has 72 heavy (non-hydrogen) atoms. The fraction of sp³-hybridized carbons (Fsp3) is 0.289. The number of aromatic amines is 2. The normalized spacial score (nSPS) is 13.3. The van der Waals surface area contributed by atoms with E-state index in [0.29, 0.717) is 108 Å². The molecule has 8 aromatic rings. The lowest BCUT2D eigenvalue weighted by Gasteiger charge is -2.36. The average Bonchev–Trinajstić information content (AvgIpc) is 4.03. The Kier molecular flexibility index (Phi) is 18.6. The van der Waals surface area contributed by atoms with E-state index in [1.165, 1.54) is 55.4 Å². The number of pyridine rings is 3. The van der Waals surface area contributed by atoms with Gasteiger partial charge in [-0.2, -0.15) is 0 Å². The van der Waals surface area contributed by atoms with Gasteiger partial charge in [-0.15, -0.1) is 11.6 Å². The second kappa shape index (κ2) is 24.5. The van der Waals surface area contributed by atoms with Crippen molar-refractivity contribution in [3.63, 3.8) is 0 Å². The molecule has 2 aliphatic rings. The third kappa shape index (κ3) is 13.2. The van der Waals surface area contributed by atoms with Crippen molar-refractivity contribution in [2.45, 2.75) is 14.0 Å². The van der Waals surface area contributed by atoms with Crippen molar-refractivity contribution >= 4 is 115 Å². The second-order valence-electron chi connectivity index (χ2n) is 15.1. The first-order chi connectivity index (χ1) is 34.0. The Labute approximate surface area is 431 Å². The van der Waals surface area contributed by atoms with Crippen molar-refractivity contribution in [1.82, 2.24) is 39.3 Å². The fourth-order valence-electron chi connectivity index (χ4n) is 7.22. The van der Waals surface area contributed by atoms with Gasteiger partial charge in [0.25, 0.3) is 0 Å². The molecule has 0 atom stereocenters. The van der Waals surface area contributed by atoms with Gasteiger partial charge in [0.2, 0.25) is 11.8 Å². The fourth-order valence-corrected chi connectivity index (χ4v) is 8.14. The third-order valence-electron chi connectivity index (χ3n) is 10.7. The summed E-state index contributed by atoms with van der Waals surface area (Å²) in [5, 5.41) is 1.21. The minimum atomic E-state index is -0.679. The zero-order chi connectivity index (χ0) is 50.9. The molecule has 0 saturated carbocycles. The highest BCUT2D eigenvalue weighted by molar-refractivity contribution is 6.32. The zero-order valence-corrected chi connectivity index (χ0v) is 41.0. The minimum Gasteiger partial charge on any atom is -0.495 e. The minimum absolute atomic E-state index is 0.